The average Bonchev–Trinajstić information content (AvgIpc) is 2.68. The molecule has 0 radical (unpaired) electrons. The average molecular weight is 345 g/mol. The molecule has 2 aliphatic carbocycles. The molecule has 1 aliphatic heterocycles. The fraction of sp³-hybridized carbons (Fsp3) is 0.833. The second-order valence-corrected chi connectivity index (χ2v) is 9.07. The van der Waals surface area contributed by atoms with Crippen molar-refractivity contribution >= 4 is 0 Å². The van der Waals surface area contributed by atoms with Gasteiger partial charge in [0.1, 0.15) is 0 Å². The van der Waals surface area contributed by atoms with Gasteiger partial charge in [-0.05, 0) is 87.9 Å². The van der Waals surface area contributed by atoms with Crippen LogP contribution in [0, 0.1) is 29.6 Å². The molecule has 1 heteroatoms. The Balaban J connectivity index is 1.35. The van der Waals surface area contributed by atoms with Gasteiger partial charge in [-0.3, -0.25) is 0 Å². The van der Waals surface area contributed by atoms with Crippen molar-refractivity contribution in [2.75, 3.05) is 6.61 Å². The molecule has 0 N–H and O–H groups in total. The van der Waals surface area contributed by atoms with Gasteiger partial charge in [0.2, 0.25) is 0 Å². The van der Waals surface area contributed by atoms with E-state index < -0.39 is 0 Å². The van der Waals surface area contributed by atoms with Gasteiger partial charge in [-0.1, -0.05) is 38.0 Å². The minimum atomic E-state index is 0.537. The summed E-state index contributed by atoms with van der Waals surface area (Å²) in [6.45, 7) is 7.16. The van der Waals surface area contributed by atoms with E-state index in [0.717, 1.165) is 30.3 Å². The summed E-state index contributed by atoms with van der Waals surface area (Å²) >= 11 is 0. The summed E-state index contributed by atoms with van der Waals surface area (Å²) in [5, 5.41) is 0. The Bertz CT molecular complexity index is 402. The summed E-state index contributed by atoms with van der Waals surface area (Å²) in [5.74, 6) is 4.17. The third-order valence-electron chi connectivity index (χ3n) is 7.27. The van der Waals surface area contributed by atoms with E-state index >= 15 is 0 Å². The molecule has 0 spiro atoms. The SMILES string of the molecule is C=CC1CCC(C2CCC(C=CC3CCC(CCC)CC3)CC2)OC1. The van der Waals surface area contributed by atoms with Crippen LogP contribution >= 0.6 is 0 Å². The van der Waals surface area contributed by atoms with Crippen LogP contribution in [0.3, 0.4) is 0 Å². The van der Waals surface area contributed by atoms with Gasteiger partial charge < -0.3 is 4.74 Å². The number of rotatable bonds is 6. The Morgan fingerprint density at radius 3 is 1.92 bits per heavy atom. The normalized spacial score (nSPS) is 40.2. The molecule has 2 saturated carbocycles. The van der Waals surface area contributed by atoms with Crippen LogP contribution in [-0.4, -0.2) is 12.7 Å². The van der Waals surface area contributed by atoms with Crippen LogP contribution in [0.15, 0.2) is 24.8 Å². The van der Waals surface area contributed by atoms with Gasteiger partial charge >= 0.3 is 0 Å². The zero-order valence-electron chi connectivity index (χ0n) is 16.5. The highest BCUT2D eigenvalue weighted by atomic mass is 16.5. The molecule has 2 atom stereocenters. The molecule has 0 bridgehead atoms. The van der Waals surface area contributed by atoms with Crippen molar-refractivity contribution in [3.63, 3.8) is 0 Å². The van der Waals surface area contributed by atoms with Crippen molar-refractivity contribution in [2.45, 2.75) is 90.1 Å². The highest BCUT2D eigenvalue weighted by Gasteiger charge is 2.30. The van der Waals surface area contributed by atoms with E-state index in [0.29, 0.717) is 12.0 Å². The van der Waals surface area contributed by atoms with Crippen molar-refractivity contribution in [3.05, 3.63) is 24.8 Å². The molecule has 2 unspecified atom stereocenters. The lowest BCUT2D eigenvalue weighted by atomic mass is 9.76. The largest absolute Gasteiger partial charge is 0.377 e. The van der Waals surface area contributed by atoms with Crippen molar-refractivity contribution in [2.24, 2.45) is 29.6 Å². The van der Waals surface area contributed by atoms with Crippen molar-refractivity contribution in [3.8, 4) is 0 Å². The maximum absolute atomic E-state index is 6.15. The van der Waals surface area contributed by atoms with Crippen LogP contribution in [-0.2, 0) is 4.74 Å². The summed E-state index contributed by atoms with van der Waals surface area (Å²) in [6, 6.07) is 0. The summed E-state index contributed by atoms with van der Waals surface area (Å²) < 4.78 is 6.15. The van der Waals surface area contributed by atoms with Crippen molar-refractivity contribution < 1.29 is 4.74 Å². The van der Waals surface area contributed by atoms with E-state index in [1.54, 1.807) is 0 Å². The maximum atomic E-state index is 6.15. The molecule has 25 heavy (non-hydrogen) atoms. The molecule has 3 fully saturated rings. The summed E-state index contributed by atoms with van der Waals surface area (Å²) in [4.78, 5) is 0. The first-order valence-electron chi connectivity index (χ1n) is 11.2. The van der Waals surface area contributed by atoms with Gasteiger partial charge in [-0.2, -0.15) is 0 Å². The van der Waals surface area contributed by atoms with Crippen LogP contribution in [0.5, 0.6) is 0 Å². The number of hydrogen-bond acceptors (Lipinski definition) is 1. The maximum Gasteiger partial charge on any atom is 0.0603 e. The first-order chi connectivity index (χ1) is 12.3. The highest BCUT2D eigenvalue weighted by Crippen LogP contribution is 2.37. The monoisotopic (exact) mass is 344 g/mol. The predicted molar refractivity (Wildman–Crippen MR) is 108 cm³/mol. The second kappa shape index (κ2) is 9.95. The number of hydrogen-bond donors (Lipinski definition) is 0. The molecule has 0 aromatic carbocycles. The molecular formula is C24H40O. The van der Waals surface area contributed by atoms with E-state index in [2.05, 4.69) is 31.7 Å². The molecule has 0 amide bonds. The van der Waals surface area contributed by atoms with Crippen LogP contribution in [0.25, 0.3) is 0 Å². The van der Waals surface area contributed by atoms with Gasteiger partial charge in [-0.15, -0.1) is 6.58 Å². The van der Waals surface area contributed by atoms with Gasteiger partial charge in [-0.25, -0.2) is 0 Å². The third kappa shape index (κ3) is 5.71. The Hall–Kier alpha value is -0.560. The lowest BCUT2D eigenvalue weighted by Crippen LogP contribution is -2.33. The van der Waals surface area contributed by atoms with Crippen molar-refractivity contribution in [1.29, 1.82) is 0 Å². The number of allylic oxidation sites excluding steroid dienone is 2. The Kier molecular flexibility index (Phi) is 7.65. The van der Waals surface area contributed by atoms with Gasteiger partial charge in [0.05, 0.1) is 12.7 Å². The smallest absolute Gasteiger partial charge is 0.0603 e. The molecule has 3 aliphatic rings. The Morgan fingerprint density at radius 1 is 0.800 bits per heavy atom. The molecule has 142 valence electrons. The quantitative estimate of drug-likeness (QED) is 0.474. The van der Waals surface area contributed by atoms with E-state index in [9.17, 15) is 0 Å². The minimum absolute atomic E-state index is 0.537. The summed E-state index contributed by atoms with van der Waals surface area (Å²) in [7, 11) is 0. The first-order valence-corrected chi connectivity index (χ1v) is 11.2. The van der Waals surface area contributed by atoms with Gasteiger partial charge in [0, 0.05) is 5.92 Å². The van der Waals surface area contributed by atoms with Crippen LogP contribution < -0.4 is 0 Å². The number of ether oxygens (including phenoxy) is 1. The molecular weight excluding hydrogens is 304 g/mol. The van der Waals surface area contributed by atoms with Crippen LogP contribution in [0.4, 0.5) is 0 Å². The topological polar surface area (TPSA) is 9.23 Å². The standard InChI is InChI=1S/C24H40O/c1-3-5-20-6-8-21(9-7-20)10-11-22-12-15-23(16-13-22)24-17-14-19(4-2)18-25-24/h4,10-11,19-24H,2-3,5-9,12-18H2,1H3. The molecule has 1 nitrogen and oxygen atoms in total. The van der Waals surface area contributed by atoms with Crippen LogP contribution in [0.2, 0.25) is 0 Å². The van der Waals surface area contributed by atoms with E-state index in [1.165, 1.54) is 77.0 Å². The fourth-order valence-electron chi connectivity index (χ4n) is 5.45. The van der Waals surface area contributed by atoms with Crippen molar-refractivity contribution in [1.82, 2.24) is 0 Å². The van der Waals surface area contributed by atoms with E-state index in [4.69, 9.17) is 4.74 Å². The van der Waals surface area contributed by atoms with E-state index in [-0.39, 0.29) is 0 Å². The summed E-state index contributed by atoms with van der Waals surface area (Å²) in [6.07, 6.45) is 24.5. The molecule has 3 rings (SSSR count). The summed E-state index contributed by atoms with van der Waals surface area (Å²) in [5.41, 5.74) is 0. The second-order valence-electron chi connectivity index (χ2n) is 9.07. The van der Waals surface area contributed by atoms with E-state index in [1.807, 2.05) is 0 Å². The van der Waals surface area contributed by atoms with Gasteiger partial charge in [0.25, 0.3) is 0 Å². The first kappa shape index (κ1) is 19.2. The van der Waals surface area contributed by atoms with Crippen LogP contribution in [0.1, 0.15) is 84.0 Å². The molecule has 0 aromatic heterocycles. The molecule has 1 heterocycles. The Morgan fingerprint density at radius 2 is 1.40 bits per heavy atom. The zero-order valence-corrected chi connectivity index (χ0v) is 16.5. The highest BCUT2D eigenvalue weighted by molar-refractivity contribution is 4.97. The lowest BCUT2D eigenvalue weighted by molar-refractivity contribution is -0.0477. The molecule has 1 saturated heterocycles. The third-order valence-corrected chi connectivity index (χ3v) is 7.27. The zero-order chi connectivity index (χ0) is 17.5. The predicted octanol–water partition coefficient (Wildman–Crippen LogP) is 6.94. The lowest BCUT2D eigenvalue weighted by Gasteiger charge is -2.37. The van der Waals surface area contributed by atoms with Gasteiger partial charge in [0.15, 0.2) is 0 Å². The fourth-order valence-corrected chi connectivity index (χ4v) is 5.45. The minimum Gasteiger partial charge on any atom is -0.377 e. The Labute approximate surface area is 156 Å². The molecule has 0 aromatic rings.